The van der Waals surface area contributed by atoms with Gasteiger partial charge in [-0.15, -0.1) is 0 Å². The number of methoxy groups -OCH3 is 1. The summed E-state index contributed by atoms with van der Waals surface area (Å²) in [6.45, 7) is 3.97. The SMILES string of the molecule is COC(=O)C1CN(S(=O)(=O)CC2Cc3ccccc32)C(C)(C)C1. The highest BCUT2D eigenvalue weighted by molar-refractivity contribution is 7.89. The molecule has 0 N–H and O–H groups in total. The van der Waals surface area contributed by atoms with Crippen LogP contribution in [0.4, 0.5) is 0 Å². The molecular weight excluding hydrogens is 314 g/mol. The monoisotopic (exact) mass is 337 g/mol. The Hall–Kier alpha value is -1.40. The molecule has 0 amide bonds. The van der Waals surface area contributed by atoms with Crippen molar-refractivity contribution in [3.05, 3.63) is 35.4 Å². The van der Waals surface area contributed by atoms with Gasteiger partial charge in [0.1, 0.15) is 0 Å². The molecule has 6 heteroatoms. The maximum Gasteiger partial charge on any atom is 0.310 e. The second-order valence-corrected chi connectivity index (χ2v) is 9.08. The van der Waals surface area contributed by atoms with Crippen molar-refractivity contribution in [2.45, 2.75) is 38.1 Å². The largest absolute Gasteiger partial charge is 0.469 e. The Kier molecular flexibility index (Phi) is 4.01. The van der Waals surface area contributed by atoms with Gasteiger partial charge in [0.15, 0.2) is 0 Å². The topological polar surface area (TPSA) is 63.7 Å². The number of nitrogens with zero attached hydrogens (tertiary/aromatic N) is 1. The number of hydrogen-bond donors (Lipinski definition) is 0. The Morgan fingerprint density at radius 1 is 1.35 bits per heavy atom. The lowest BCUT2D eigenvalue weighted by atomic mass is 9.79. The first-order valence-electron chi connectivity index (χ1n) is 7.91. The molecular formula is C17H23NO4S. The maximum atomic E-state index is 12.9. The number of carbonyl (C=O) groups excluding carboxylic acids is 1. The second-order valence-electron chi connectivity index (χ2n) is 7.15. The van der Waals surface area contributed by atoms with Crippen LogP contribution >= 0.6 is 0 Å². The summed E-state index contributed by atoms with van der Waals surface area (Å²) in [7, 11) is -2.07. The van der Waals surface area contributed by atoms with Gasteiger partial charge in [0.2, 0.25) is 10.0 Å². The van der Waals surface area contributed by atoms with E-state index in [4.69, 9.17) is 4.74 Å². The average Bonchev–Trinajstić information content (AvgIpc) is 2.80. The van der Waals surface area contributed by atoms with Crippen LogP contribution in [0.15, 0.2) is 24.3 Å². The van der Waals surface area contributed by atoms with Crippen LogP contribution in [0.3, 0.4) is 0 Å². The van der Waals surface area contributed by atoms with E-state index in [1.807, 2.05) is 38.1 Å². The first kappa shape index (κ1) is 16.5. The molecule has 5 nitrogen and oxygen atoms in total. The van der Waals surface area contributed by atoms with Crippen LogP contribution in [-0.4, -0.2) is 43.6 Å². The molecule has 2 atom stereocenters. The molecule has 126 valence electrons. The van der Waals surface area contributed by atoms with E-state index in [0.29, 0.717) is 6.42 Å². The molecule has 1 saturated heterocycles. The molecule has 1 aliphatic heterocycles. The number of hydrogen-bond acceptors (Lipinski definition) is 4. The summed E-state index contributed by atoms with van der Waals surface area (Å²) in [5.41, 5.74) is 1.82. The van der Waals surface area contributed by atoms with E-state index in [2.05, 4.69) is 0 Å². The number of benzene rings is 1. The Morgan fingerprint density at radius 3 is 2.70 bits per heavy atom. The number of sulfonamides is 1. The number of fused-ring (bicyclic) bond motifs is 1. The number of carbonyl (C=O) groups is 1. The van der Waals surface area contributed by atoms with Gasteiger partial charge in [0, 0.05) is 18.0 Å². The van der Waals surface area contributed by atoms with E-state index in [9.17, 15) is 13.2 Å². The van der Waals surface area contributed by atoms with Crippen molar-refractivity contribution in [3.63, 3.8) is 0 Å². The molecule has 0 spiro atoms. The third-order valence-corrected chi connectivity index (χ3v) is 7.19. The Bertz CT molecular complexity index is 726. The van der Waals surface area contributed by atoms with Crippen LogP contribution in [0.1, 0.15) is 37.3 Å². The predicted molar refractivity (Wildman–Crippen MR) is 87.6 cm³/mol. The van der Waals surface area contributed by atoms with Crippen molar-refractivity contribution < 1.29 is 17.9 Å². The van der Waals surface area contributed by atoms with Crippen LogP contribution in [0.5, 0.6) is 0 Å². The van der Waals surface area contributed by atoms with Gasteiger partial charge < -0.3 is 4.74 Å². The van der Waals surface area contributed by atoms with Crippen molar-refractivity contribution in [1.29, 1.82) is 0 Å². The van der Waals surface area contributed by atoms with Crippen molar-refractivity contribution >= 4 is 16.0 Å². The second kappa shape index (κ2) is 5.60. The summed E-state index contributed by atoms with van der Waals surface area (Å²) in [6, 6.07) is 7.98. The third kappa shape index (κ3) is 2.90. The quantitative estimate of drug-likeness (QED) is 0.788. The summed E-state index contributed by atoms with van der Waals surface area (Å²) in [5, 5.41) is 0. The van der Waals surface area contributed by atoms with Gasteiger partial charge in [-0.2, -0.15) is 4.31 Å². The zero-order valence-electron chi connectivity index (χ0n) is 13.8. The number of ether oxygens (including phenoxy) is 1. The smallest absolute Gasteiger partial charge is 0.310 e. The summed E-state index contributed by atoms with van der Waals surface area (Å²) >= 11 is 0. The molecule has 0 aromatic heterocycles. The van der Waals surface area contributed by atoms with Crippen LogP contribution in [0.2, 0.25) is 0 Å². The fourth-order valence-electron chi connectivity index (χ4n) is 3.89. The molecule has 23 heavy (non-hydrogen) atoms. The first-order chi connectivity index (χ1) is 10.7. The molecule has 0 bridgehead atoms. The lowest BCUT2D eigenvalue weighted by Gasteiger charge is -2.35. The molecule has 2 aliphatic rings. The lowest BCUT2D eigenvalue weighted by Crippen LogP contribution is -2.45. The molecule has 1 aromatic carbocycles. The summed E-state index contributed by atoms with van der Waals surface area (Å²) < 4.78 is 32.1. The summed E-state index contributed by atoms with van der Waals surface area (Å²) in [4.78, 5) is 11.8. The Labute approximate surface area is 137 Å². The fourth-order valence-corrected chi connectivity index (χ4v) is 6.11. The summed E-state index contributed by atoms with van der Waals surface area (Å²) in [5.74, 6) is -0.533. The van der Waals surface area contributed by atoms with E-state index in [-0.39, 0.29) is 30.1 Å². The van der Waals surface area contributed by atoms with Gasteiger partial charge in [-0.1, -0.05) is 24.3 Å². The highest BCUT2D eigenvalue weighted by Gasteiger charge is 2.48. The van der Waals surface area contributed by atoms with E-state index >= 15 is 0 Å². The molecule has 1 aromatic rings. The van der Waals surface area contributed by atoms with Crippen molar-refractivity contribution in [1.82, 2.24) is 4.31 Å². The van der Waals surface area contributed by atoms with Crippen LogP contribution in [0.25, 0.3) is 0 Å². The van der Waals surface area contributed by atoms with E-state index < -0.39 is 15.6 Å². The molecule has 3 rings (SSSR count). The summed E-state index contributed by atoms with van der Waals surface area (Å²) in [6.07, 6.45) is 1.31. The Morgan fingerprint density at radius 2 is 2.04 bits per heavy atom. The lowest BCUT2D eigenvalue weighted by molar-refractivity contribution is -0.144. The van der Waals surface area contributed by atoms with E-state index in [1.54, 1.807) is 0 Å². The average molecular weight is 337 g/mol. The number of rotatable bonds is 4. The van der Waals surface area contributed by atoms with E-state index in [1.165, 1.54) is 17.0 Å². The molecule has 1 fully saturated rings. The van der Waals surface area contributed by atoms with E-state index in [0.717, 1.165) is 12.0 Å². The number of esters is 1. The predicted octanol–water partition coefficient (Wildman–Crippen LogP) is 1.93. The minimum absolute atomic E-state index is 0.0594. The third-order valence-electron chi connectivity index (χ3n) is 5.05. The zero-order valence-corrected chi connectivity index (χ0v) is 14.6. The van der Waals surface area contributed by atoms with Gasteiger partial charge in [-0.05, 0) is 37.8 Å². The van der Waals surface area contributed by atoms with Gasteiger partial charge in [-0.3, -0.25) is 4.79 Å². The van der Waals surface area contributed by atoms with Crippen LogP contribution in [0, 0.1) is 5.92 Å². The molecule has 0 saturated carbocycles. The van der Waals surface area contributed by atoms with Gasteiger partial charge in [0.05, 0.1) is 18.8 Å². The maximum absolute atomic E-state index is 12.9. The minimum atomic E-state index is -3.42. The standard InChI is InChI=1S/C17H23NO4S/c1-17(2)9-14(16(19)22-3)10-18(17)23(20,21)11-13-8-12-6-4-5-7-15(12)13/h4-7,13-14H,8-11H2,1-3H3. The van der Waals surface area contributed by atoms with Crippen molar-refractivity contribution in [2.75, 3.05) is 19.4 Å². The van der Waals surface area contributed by atoms with Gasteiger partial charge in [0.25, 0.3) is 0 Å². The highest BCUT2D eigenvalue weighted by atomic mass is 32.2. The fraction of sp³-hybridized carbons (Fsp3) is 0.588. The molecule has 2 unspecified atom stereocenters. The van der Waals surface area contributed by atoms with Gasteiger partial charge in [-0.25, -0.2) is 8.42 Å². The minimum Gasteiger partial charge on any atom is -0.469 e. The Balaban J connectivity index is 1.77. The van der Waals surface area contributed by atoms with Crippen molar-refractivity contribution in [3.8, 4) is 0 Å². The molecule has 0 radical (unpaired) electrons. The molecule has 1 aliphatic carbocycles. The van der Waals surface area contributed by atoms with Crippen LogP contribution in [-0.2, 0) is 26.0 Å². The highest BCUT2D eigenvalue weighted by Crippen LogP contribution is 2.40. The first-order valence-corrected chi connectivity index (χ1v) is 9.51. The van der Waals surface area contributed by atoms with Crippen LogP contribution < -0.4 is 0 Å². The normalized spacial score (nSPS) is 26.4. The molecule has 1 heterocycles. The zero-order chi connectivity index (χ0) is 16.8. The van der Waals surface area contributed by atoms with Gasteiger partial charge >= 0.3 is 5.97 Å². The van der Waals surface area contributed by atoms with Crippen molar-refractivity contribution in [2.24, 2.45) is 5.92 Å².